The summed E-state index contributed by atoms with van der Waals surface area (Å²) in [6.07, 6.45) is 4.90. The average molecular weight is 401 g/mol. The lowest BCUT2D eigenvalue weighted by Crippen LogP contribution is -2.24. The number of amides is 1. The Bertz CT molecular complexity index is 1080. The van der Waals surface area contributed by atoms with Crippen LogP contribution in [0.4, 0.5) is 0 Å². The van der Waals surface area contributed by atoms with Crippen LogP contribution in [0.15, 0.2) is 95.5 Å². The molecule has 2 aromatic carbocycles. The lowest BCUT2D eigenvalue weighted by atomic mass is 10.1. The van der Waals surface area contributed by atoms with Crippen LogP contribution in [0.2, 0.25) is 0 Å². The third-order valence-electron chi connectivity index (χ3n) is 4.33. The first kappa shape index (κ1) is 18.9. The van der Waals surface area contributed by atoms with Gasteiger partial charge < -0.3 is 5.32 Å². The van der Waals surface area contributed by atoms with Crippen molar-refractivity contribution in [1.29, 1.82) is 0 Å². The monoisotopic (exact) mass is 401 g/mol. The van der Waals surface area contributed by atoms with Gasteiger partial charge in [0.1, 0.15) is 17.7 Å². The van der Waals surface area contributed by atoms with Crippen molar-refractivity contribution in [2.45, 2.75) is 23.0 Å². The van der Waals surface area contributed by atoms with E-state index in [2.05, 4.69) is 20.4 Å². The molecule has 0 aliphatic carbocycles. The predicted octanol–water partition coefficient (Wildman–Crippen LogP) is 3.80. The Labute approximate surface area is 173 Å². The Morgan fingerprint density at radius 2 is 1.76 bits per heavy atom. The molecule has 0 aliphatic rings. The number of hydrogen-bond donors (Lipinski definition) is 1. The lowest BCUT2D eigenvalue weighted by molar-refractivity contribution is 0.0947. The van der Waals surface area contributed by atoms with Crippen LogP contribution in [-0.4, -0.2) is 25.7 Å². The van der Waals surface area contributed by atoms with E-state index in [9.17, 15) is 4.79 Å². The Morgan fingerprint density at radius 3 is 2.55 bits per heavy atom. The molecule has 4 rings (SSSR count). The fourth-order valence-electron chi connectivity index (χ4n) is 2.89. The van der Waals surface area contributed by atoms with Crippen LogP contribution in [0.25, 0.3) is 0 Å². The predicted molar refractivity (Wildman–Crippen MR) is 112 cm³/mol. The van der Waals surface area contributed by atoms with E-state index in [1.807, 2.05) is 54.6 Å². The van der Waals surface area contributed by atoms with Crippen LogP contribution < -0.4 is 5.32 Å². The van der Waals surface area contributed by atoms with Crippen molar-refractivity contribution < 1.29 is 4.79 Å². The van der Waals surface area contributed by atoms with Crippen molar-refractivity contribution in [2.24, 2.45) is 0 Å². The summed E-state index contributed by atoms with van der Waals surface area (Å²) in [5, 5.41) is 7.87. The standard InChI is InChI=1S/C22H19N5OS/c28-21(20-11-6-12-24-22(20)29-19-9-2-1-3-10-19)25-13-17-7-4-5-8-18(17)14-27-16-23-15-26-27/h1-12,15-16H,13-14H2,(H,25,28). The van der Waals surface area contributed by atoms with Crippen LogP contribution in [-0.2, 0) is 13.1 Å². The van der Waals surface area contributed by atoms with Crippen LogP contribution in [0.3, 0.4) is 0 Å². The van der Waals surface area contributed by atoms with Gasteiger partial charge in [-0.15, -0.1) is 0 Å². The van der Waals surface area contributed by atoms with E-state index < -0.39 is 0 Å². The molecular weight excluding hydrogens is 382 g/mol. The third kappa shape index (κ3) is 4.89. The first-order chi connectivity index (χ1) is 14.3. The normalized spacial score (nSPS) is 10.6. The smallest absolute Gasteiger partial charge is 0.254 e. The first-order valence-corrected chi connectivity index (χ1v) is 9.96. The number of rotatable bonds is 7. The molecule has 0 radical (unpaired) electrons. The molecule has 0 aliphatic heterocycles. The third-order valence-corrected chi connectivity index (χ3v) is 5.36. The Kier molecular flexibility index (Phi) is 5.97. The van der Waals surface area contributed by atoms with Crippen molar-refractivity contribution in [3.63, 3.8) is 0 Å². The highest BCUT2D eigenvalue weighted by Gasteiger charge is 2.14. The maximum absolute atomic E-state index is 12.9. The van der Waals surface area contributed by atoms with Gasteiger partial charge in [0.05, 0.1) is 12.1 Å². The number of carbonyl (C=O) groups excluding carboxylic acids is 1. The topological polar surface area (TPSA) is 72.7 Å². The molecule has 0 saturated carbocycles. The lowest BCUT2D eigenvalue weighted by Gasteiger charge is -2.12. The molecule has 2 heterocycles. The number of benzene rings is 2. The summed E-state index contributed by atoms with van der Waals surface area (Å²) in [7, 11) is 0. The second-order valence-electron chi connectivity index (χ2n) is 6.32. The second kappa shape index (κ2) is 9.16. The molecule has 144 valence electrons. The summed E-state index contributed by atoms with van der Waals surface area (Å²) in [5.74, 6) is -0.146. The molecule has 2 aromatic heterocycles. The first-order valence-electron chi connectivity index (χ1n) is 9.15. The van der Waals surface area contributed by atoms with Crippen molar-refractivity contribution in [3.8, 4) is 0 Å². The molecule has 0 unspecified atom stereocenters. The van der Waals surface area contributed by atoms with Gasteiger partial charge in [-0.3, -0.25) is 4.79 Å². The summed E-state index contributed by atoms with van der Waals surface area (Å²) in [6.45, 7) is 1.03. The molecule has 0 spiro atoms. The van der Waals surface area contributed by atoms with Crippen LogP contribution >= 0.6 is 11.8 Å². The number of hydrogen-bond acceptors (Lipinski definition) is 5. The Hall–Kier alpha value is -3.45. The van der Waals surface area contributed by atoms with Gasteiger partial charge in [0, 0.05) is 17.6 Å². The van der Waals surface area contributed by atoms with Gasteiger partial charge in [-0.1, -0.05) is 54.2 Å². The molecule has 1 amide bonds. The van der Waals surface area contributed by atoms with Crippen LogP contribution in [0.5, 0.6) is 0 Å². The second-order valence-corrected chi connectivity index (χ2v) is 7.38. The summed E-state index contributed by atoms with van der Waals surface area (Å²) in [6, 6.07) is 21.5. The zero-order chi connectivity index (χ0) is 19.9. The van der Waals surface area contributed by atoms with Crippen LogP contribution in [0.1, 0.15) is 21.5 Å². The number of aromatic nitrogens is 4. The molecule has 29 heavy (non-hydrogen) atoms. The molecule has 0 fully saturated rings. The SMILES string of the molecule is O=C(NCc1ccccc1Cn1cncn1)c1cccnc1Sc1ccccc1. The van der Waals surface area contributed by atoms with Crippen molar-refractivity contribution >= 4 is 17.7 Å². The summed E-state index contributed by atoms with van der Waals surface area (Å²) < 4.78 is 1.76. The van der Waals surface area contributed by atoms with Crippen molar-refractivity contribution in [1.82, 2.24) is 25.1 Å². The molecule has 0 bridgehead atoms. The summed E-state index contributed by atoms with van der Waals surface area (Å²) in [4.78, 5) is 22.3. The van der Waals surface area contributed by atoms with Crippen LogP contribution in [0, 0.1) is 0 Å². The van der Waals surface area contributed by atoms with E-state index in [1.165, 1.54) is 18.1 Å². The van der Waals surface area contributed by atoms with E-state index >= 15 is 0 Å². The number of nitrogens with one attached hydrogen (secondary N) is 1. The maximum Gasteiger partial charge on any atom is 0.254 e. The highest BCUT2D eigenvalue weighted by atomic mass is 32.2. The molecule has 0 saturated heterocycles. The highest BCUT2D eigenvalue weighted by molar-refractivity contribution is 7.99. The number of pyridine rings is 1. The van der Waals surface area contributed by atoms with Gasteiger partial charge in [0.2, 0.25) is 0 Å². The maximum atomic E-state index is 12.9. The summed E-state index contributed by atoms with van der Waals surface area (Å²) in [5.41, 5.74) is 2.69. The fraction of sp³-hybridized carbons (Fsp3) is 0.0909. The van der Waals surface area contributed by atoms with E-state index in [0.717, 1.165) is 16.0 Å². The Morgan fingerprint density at radius 1 is 0.966 bits per heavy atom. The number of carbonyl (C=O) groups is 1. The van der Waals surface area contributed by atoms with Gasteiger partial charge in [-0.05, 0) is 35.4 Å². The van der Waals surface area contributed by atoms with E-state index in [0.29, 0.717) is 23.7 Å². The highest BCUT2D eigenvalue weighted by Crippen LogP contribution is 2.28. The molecule has 7 heteroatoms. The molecule has 0 atom stereocenters. The minimum Gasteiger partial charge on any atom is -0.348 e. The van der Waals surface area contributed by atoms with Gasteiger partial charge in [-0.2, -0.15) is 5.10 Å². The van der Waals surface area contributed by atoms with E-state index in [-0.39, 0.29) is 5.91 Å². The zero-order valence-electron chi connectivity index (χ0n) is 15.6. The zero-order valence-corrected chi connectivity index (χ0v) is 16.4. The minimum absolute atomic E-state index is 0.146. The minimum atomic E-state index is -0.146. The molecule has 6 nitrogen and oxygen atoms in total. The molecule has 1 N–H and O–H groups in total. The Balaban J connectivity index is 1.47. The summed E-state index contributed by atoms with van der Waals surface area (Å²) >= 11 is 1.48. The van der Waals surface area contributed by atoms with Gasteiger partial charge in [0.25, 0.3) is 5.91 Å². The largest absolute Gasteiger partial charge is 0.348 e. The molecule has 4 aromatic rings. The fourth-order valence-corrected chi connectivity index (χ4v) is 3.79. The van der Waals surface area contributed by atoms with Crippen molar-refractivity contribution in [2.75, 3.05) is 0 Å². The quantitative estimate of drug-likeness (QED) is 0.510. The van der Waals surface area contributed by atoms with Gasteiger partial charge >= 0.3 is 0 Å². The van der Waals surface area contributed by atoms with E-state index in [4.69, 9.17) is 0 Å². The van der Waals surface area contributed by atoms with Gasteiger partial charge in [0.15, 0.2) is 0 Å². The van der Waals surface area contributed by atoms with E-state index in [1.54, 1.807) is 29.3 Å². The number of nitrogens with zero attached hydrogens (tertiary/aromatic N) is 4. The average Bonchev–Trinajstić information content (AvgIpc) is 3.27. The van der Waals surface area contributed by atoms with Crippen molar-refractivity contribution in [3.05, 3.63) is 102 Å². The van der Waals surface area contributed by atoms with Gasteiger partial charge in [-0.25, -0.2) is 14.6 Å². The molecular formula is C22H19N5OS.